The van der Waals surface area contributed by atoms with Gasteiger partial charge in [-0.2, -0.15) is 0 Å². The van der Waals surface area contributed by atoms with Gasteiger partial charge in [0.15, 0.2) is 11.6 Å². The number of carbonyl (C=O) groups is 1. The van der Waals surface area contributed by atoms with E-state index in [4.69, 9.17) is 4.74 Å². The zero-order chi connectivity index (χ0) is 14.8. The fraction of sp³-hybridized carbons (Fsp3) is 0.500. The van der Waals surface area contributed by atoms with Gasteiger partial charge in [0.1, 0.15) is 5.54 Å². The van der Waals surface area contributed by atoms with Crippen molar-refractivity contribution in [3.63, 3.8) is 0 Å². The molecule has 0 aliphatic heterocycles. The highest BCUT2D eigenvalue weighted by Crippen LogP contribution is 2.43. The molecule has 1 unspecified atom stereocenters. The molecule has 3 nitrogen and oxygen atoms in total. The van der Waals surface area contributed by atoms with Crippen molar-refractivity contribution in [2.45, 2.75) is 23.3 Å². The van der Waals surface area contributed by atoms with Crippen LogP contribution in [0.25, 0.3) is 0 Å². The Morgan fingerprint density at radius 3 is 2.65 bits per heavy atom. The zero-order valence-corrected chi connectivity index (χ0v) is 12.2. The van der Waals surface area contributed by atoms with Gasteiger partial charge in [0.25, 0.3) is 0 Å². The summed E-state index contributed by atoms with van der Waals surface area (Å²) in [5, 5.41) is 3.06. The normalized spacial score (nSPS) is 17.6. The third-order valence-corrected chi connectivity index (χ3v) is 4.81. The van der Waals surface area contributed by atoms with Crippen molar-refractivity contribution in [3.05, 3.63) is 29.8 Å². The number of nitrogens with one attached hydrogen (secondary N) is 1. The van der Waals surface area contributed by atoms with Crippen molar-refractivity contribution < 1.29 is 18.3 Å². The van der Waals surface area contributed by atoms with Crippen molar-refractivity contribution in [1.29, 1.82) is 0 Å². The lowest BCUT2D eigenvalue weighted by Crippen LogP contribution is -2.55. The second-order valence-corrected chi connectivity index (χ2v) is 5.90. The molecule has 1 aliphatic carbocycles. The molecule has 1 N–H and O–H groups in total. The maximum atomic E-state index is 13.2. The molecule has 6 heteroatoms. The molecule has 0 aromatic heterocycles. The summed E-state index contributed by atoms with van der Waals surface area (Å²) < 4.78 is 31.0. The van der Waals surface area contributed by atoms with Crippen molar-refractivity contribution in [2.24, 2.45) is 5.92 Å². The molecule has 1 aliphatic rings. The Morgan fingerprint density at radius 2 is 2.15 bits per heavy atom. The lowest BCUT2D eigenvalue weighted by molar-refractivity contribution is -0.148. The number of halogens is 2. The molecular formula is C14H17F2NO2S. The summed E-state index contributed by atoms with van der Waals surface area (Å²) in [7, 11) is 3.08. The number of likely N-dealkylation sites (N-methyl/N-ethyl adjacent to an activating group) is 1. The Balaban J connectivity index is 2.12. The maximum absolute atomic E-state index is 13.2. The topological polar surface area (TPSA) is 38.3 Å². The average molecular weight is 301 g/mol. The van der Waals surface area contributed by atoms with E-state index in [1.54, 1.807) is 7.05 Å². The van der Waals surface area contributed by atoms with Gasteiger partial charge in [-0.15, -0.1) is 11.8 Å². The molecule has 1 aromatic carbocycles. The van der Waals surface area contributed by atoms with Crippen LogP contribution in [0.3, 0.4) is 0 Å². The highest BCUT2D eigenvalue weighted by atomic mass is 32.2. The summed E-state index contributed by atoms with van der Waals surface area (Å²) in [6.07, 6.45) is 1.93. The SMILES string of the molecule is CNC(CSc1ccc(F)c(F)c1)(C(=O)OC)C1CC1. The summed E-state index contributed by atoms with van der Waals surface area (Å²) >= 11 is 1.32. The first-order valence-corrected chi connectivity index (χ1v) is 7.37. The number of methoxy groups -OCH3 is 1. The maximum Gasteiger partial charge on any atom is 0.327 e. The number of carbonyl (C=O) groups excluding carboxylic acids is 1. The molecule has 1 aromatic rings. The minimum absolute atomic E-state index is 0.234. The van der Waals surface area contributed by atoms with Gasteiger partial charge in [-0.1, -0.05) is 0 Å². The monoisotopic (exact) mass is 301 g/mol. The predicted octanol–water partition coefficient (Wildman–Crippen LogP) is 2.60. The number of rotatable bonds is 6. The van der Waals surface area contributed by atoms with E-state index in [1.165, 1.54) is 24.9 Å². The Morgan fingerprint density at radius 1 is 1.45 bits per heavy atom. The van der Waals surface area contributed by atoms with Crippen LogP contribution in [0.4, 0.5) is 8.78 Å². The Kier molecular flexibility index (Phi) is 4.65. The number of benzene rings is 1. The molecular weight excluding hydrogens is 284 g/mol. The molecule has 20 heavy (non-hydrogen) atoms. The quantitative estimate of drug-likeness (QED) is 0.647. The van der Waals surface area contributed by atoms with Crippen LogP contribution in [0.1, 0.15) is 12.8 Å². The van der Waals surface area contributed by atoms with E-state index in [2.05, 4.69) is 5.32 Å². The molecule has 0 bridgehead atoms. The fourth-order valence-electron chi connectivity index (χ4n) is 2.24. The van der Waals surface area contributed by atoms with Crippen molar-refractivity contribution in [3.8, 4) is 0 Å². The number of thioether (sulfide) groups is 1. The summed E-state index contributed by atoms with van der Waals surface area (Å²) in [6.45, 7) is 0. The van der Waals surface area contributed by atoms with Crippen molar-refractivity contribution >= 4 is 17.7 Å². The Labute approximate surface area is 121 Å². The van der Waals surface area contributed by atoms with Gasteiger partial charge in [-0.25, -0.2) is 8.78 Å². The molecule has 0 saturated heterocycles. The molecule has 0 spiro atoms. The van der Waals surface area contributed by atoms with Gasteiger partial charge in [0, 0.05) is 10.6 Å². The number of hydrogen-bond acceptors (Lipinski definition) is 4. The average Bonchev–Trinajstić information content (AvgIpc) is 3.28. The Bertz CT molecular complexity index is 508. The number of esters is 1. The third-order valence-electron chi connectivity index (χ3n) is 3.63. The highest BCUT2D eigenvalue weighted by Gasteiger charge is 2.50. The van der Waals surface area contributed by atoms with Crippen LogP contribution in [-0.4, -0.2) is 31.4 Å². The highest BCUT2D eigenvalue weighted by molar-refractivity contribution is 7.99. The van der Waals surface area contributed by atoms with E-state index in [1.807, 2.05) is 0 Å². The Hall–Kier alpha value is -1.14. The van der Waals surface area contributed by atoms with Gasteiger partial charge in [0.2, 0.25) is 0 Å². The predicted molar refractivity (Wildman–Crippen MR) is 73.6 cm³/mol. The van der Waals surface area contributed by atoms with E-state index in [-0.39, 0.29) is 11.9 Å². The molecule has 1 atom stereocenters. The largest absolute Gasteiger partial charge is 0.468 e. The van der Waals surface area contributed by atoms with Gasteiger partial charge >= 0.3 is 5.97 Å². The fourth-order valence-corrected chi connectivity index (χ4v) is 3.49. The van der Waals surface area contributed by atoms with Crippen LogP contribution in [0.15, 0.2) is 23.1 Å². The molecule has 110 valence electrons. The van der Waals surface area contributed by atoms with E-state index in [0.717, 1.165) is 25.0 Å². The second kappa shape index (κ2) is 6.10. The smallest absolute Gasteiger partial charge is 0.327 e. The lowest BCUT2D eigenvalue weighted by Gasteiger charge is -2.30. The van der Waals surface area contributed by atoms with Crippen LogP contribution >= 0.6 is 11.8 Å². The van der Waals surface area contributed by atoms with Crippen molar-refractivity contribution in [1.82, 2.24) is 5.32 Å². The third kappa shape index (κ3) is 2.96. The first kappa shape index (κ1) is 15.3. The van der Waals surface area contributed by atoms with Gasteiger partial charge in [-0.05, 0) is 44.0 Å². The second-order valence-electron chi connectivity index (χ2n) is 4.85. The van der Waals surface area contributed by atoms with E-state index in [0.29, 0.717) is 10.6 Å². The summed E-state index contributed by atoms with van der Waals surface area (Å²) in [4.78, 5) is 12.6. The van der Waals surface area contributed by atoms with E-state index >= 15 is 0 Å². The molecule has 2 rings (SSSR count). The lowest BCUT2D eigenvalue weighted by atomic mass is 9.96. The summed E-state index contributed by atoms with van der Waals surface area (Å²) in [5.74, 6) is -1.40. The number of hydrogen-bond donors (Lipinski definition) is 1. The van der Waals surface area contributed by atoms with Gasteiger partial charge in [-0.3, -0.25) is 4.79 Å². The molecule has 1 fully saturated rings. The minimum Gasteiger partial charge on any atom is -0.468 e. The van der Waals surface area contributed by atoms with Gasteiger partial charge in [0.05, 0.1) is 7.11 Å². The van der Waals surface area contributed by atoms with Crippen LogP contribution < -0.4 is 5.32 Å². The van der Waals surface area contributed by atoms with E-state index < -0.39 is 17.2 Å². The first-order valence-electron chi connectivity index (χ1n) is 6.38. The van der Waals surface area contributed by atoms with Crippen LogP contribution in [0.5, 0.6) is 0 Å². The molecule has 0 radical (unpaired) electrons. The molecule has 1 saturated carbocycles. The minimum atomic E-state index is -0.880. The van der Waals surface area contributed by atoms with E-state index in [9.17, 15) is 13.6 Å². The van der Waals surface area contributed by atoms with Crippen LogP contribution in [0.2, 0.25) is 0 Å². The van der Waals surface area contributed by atoms with Crippen molar-refractivity contribution in [2.75, 3.05) is 19.9 Å². The molecule has 0 amide bonds. The number of ether oxygens (including phenoxy) is 1. The van der Waals surface area contributed by atoms with Crippen LogP contribution in [0, 0.1) is 17.6 Å². The summed E-state index contributed by atoms with van der Waals surface area (Å²) in [6, 6.07) is 3.74. The molecule has 0 heterocycles. The first-order chi connectivity index (χ1) is 9.53. The standard InChI is InChI=1S/C14H17F2NO2S/c1-17-14(9-3-4-9,13(18)19-2)8-20-10-5-6-11(15)12(16)7-10/h5-7,9,17H,3-4,8H2,1-2H3. The summed E-state index contributed by atoms with van der Waals surface area (Å²) in [5.41, 5.74) is -0.760. The van der Waals surface area contributed by atoms with Gasteiger partial charge < -0.3 is 10.1 Å². The zero-order valence-electron chi connectivity index (χ0n) is 11.4. The van der Waals surface area contributed by atoms with Crippen LogP contribution in [-0.2, 0) is 9.53 Å².